The van der Waals surface area contributed by atoms with Crippen molar-refractivity contribution in [2.75, 3.05) is 19.8 Å². The number of aromatic nitrogens is 1. The Bertz CT molecular complexity index is 327. The van der Waals surface area contributed by atoms with Crippen LogP contribution in [-0.4, -0.2) is 24.7 Å². The molecule has 1 aliphatic heterocycles. The number of ether oxygens (including phenoxy) is 1. The highest BCUT2D eigenvalue weighted by Crippen LogP contribution is 2.17. The van der Waals surface area contributed by atoms with E-state index in [2.05, 4.69) is 10.3 Å². The van der Waals surface area contributed by atoms with Crippen molar-refractivity contribution in [1.29, 1.82) is 0 Å². The highest BCUT2D eigenvalue weighted by Gasteiger charge is 2.19. The third kappa shape index (κ3) is 1.88. The smallest absolute Gasteiger partial charge is 0.220 e. The minimum atomic E-state index is -0.803. The van der Waals surface area contributed by atoms with E-state index in [9.17, 15) is 8.78 Å². The second kappa shape index (κ2) is 3.98. The van der Waals surface area contributed by atoms with Crippen LogP contribution in [0.25, 0.3) is 0 Å². The van der Waals surface area contributed by atoms with Gasteiger partial charge in [-0.3, -0.25) is 0 Å². The Kier molecular flexibility index (Phi) is 2.69. The molecule has 3 nitrogen and oxygen atoms in total. The van der Waals surface area contributed by atoms with Gasteiger partial charge >= 0.3 is 0 Å². The molecule has 1 N–H and O–H groups in total. The second-order valence-electron chi connectivity index (χ2n) is 3.10. The van der Waals surface area contributed by atoms with Gasteiger partial charge in [0.1, 0.15) is 0 Å². The number of rotatable bonds is 1. The molecule has 0 radical (unpaired) electrons. The van der Waals surface area contributed by atoms with Crippen LogP contribution in [0.2, 0.25) is 0 Å². The molecule has 1 fully saturated rings. The van der Waals surface area contributed by atoms with E-state index < -0.39 is 11.9 Å². The first-order valence-corrected chi connectivity index (χ1v) is 4.40. The zero-order chi connectivity index (χ0) is 9.97. The summed E-state index contributed by atoms with van der Waals surface area (Å²) in [6.45, 7) is 1.68. The van der Waals surface area contributed by atoms with Crippen LogP contribution in [0.3, 0.4) is 0 Å². The van der Waals surface area contributed by atoms with Gasteiger partial charge in [0.15, 0.2) is 0 Å². The molecule has 1 atom stereocenters. The third-order valence-electron chi connectivity index (χ3n) is 2.14. The van der Waals surface area contributed by atoms with Crippen molar-refractivity contribution in [3.63, 3.8) is 0 Å². The molecule has 1 aliphatic rings. The molecule has 76 valence electrons. The maximum Gasteiger partial charge on any atom is 0.220 e. The van der Waals surface area contributed by atoms with Crippen molar-refractivity contribution in [2.24, 2.45) is 0 Å². The van der Waals surface area contributed by atoms with Gasteiger partial charge in [0.25, 0.3) is 0 Å². The summed E-state index contributed by atoms with van der Waals surface area (Å²) in [6, 6.07) is 2.32. The van der Waals surface area contributed by atoms with E-state index in [-0.39, 0.29) is 6.04 Å². The summed E-state index contributed by atoms with van der Waals surface area (Å²) in [5.74, 6) is -1.57. The van der Waals surface area contributed by atoms with Crippen molar-refractivity contribution < 1.29 is 13.5 Å². The Morgan fingerprint density at radius 3 is 2.93 bits per heavy atom. The molecule has 0 saturated carbocycles. The number of nitrogens with zero attached hydrogens (tertiary/aromatic N) is 1. The molecule has 0 spiro atoms. The van der Waals surface area contributed by atoms with Gasteiger partial charge in [0.2, 0.25) is 11.9 Å². The van der Waals surface area contributed by atoms with Crippen LogP contribution >= 0.6 is 0 Å². The Morgan fingerprint density at radius 2 is 2.29 bits per heavy atom. The highest BCUT2D eigenvalue weighted by molar-refractivity contribution is 5.16. The molecule has 2 heterocycles. The fourth-order valence-electron chi connectivity index (χ4n) is 1.45. The van der Waals surface area contributed by atoms with Crippen molar-refractivity contribution in [1.82, 2.24) is 10.3 Å². The predicted molar refractivity (Wildman–Crippen MR) is 45.7 cm³/mol. The van der Waals surface area contributed by atoms with E-state index in [0.717, 1.165) is 6.07 Å². The molecule has 2 rings (SSSR count). The van der Waals surface area contributed by atoms with Crippen molar-refractivity contribution >= 4 is 0 Å². The topological polar surface area (TPSA) is 34.1 Å². The molecule has 1 unspecified atom stereocenters. The lowest BCUT2D eigenvalue weighted by atomic mass is 10.1. The van der Waals surface area contributed by atoms with Crippen LogP contribution < -0.4 is 5.32 Å². The van der Waals surface area contributed by atoms with E-state index >= 15 is 0 Å². The van der Waals surface area contributed by atoms with Gasteiger partial charge < -0.3 is 10.1 Å². The molecular weight excluding hydrogens is 190 g/mol. The number of pyridine rings is 1. The molecule has 0 amide bonds. The summed E-state index contributed by atoms with van der Waals surface area (Å²) in [6.07, 6.45) is 0. The number of halogens is 2. The molecule has 0 aliphatic carbocycles. The summed E-state index contributed by atoms with van der Waals surface area (Å²) in [5, 5.41) is 3.07. The average molecular weight is 200 g/mol. The molecule has 1 aromatic rings. The van der Waals surface area contributed by atoms with Crippen molar-refractivity contribution in [3.05, 3.63) is 29.6 Å². The molecule has 1 saturated heterocycles. The number of hydrogen-bond donors (Lipinski definition) is 1. The fourth-order valence-corrected chi connectivity index (χ4v) is 1.45. The molecule has 14 heavy (non-hydrogen) atoms. The van der Waals surface area contributed by atoms with Crippen LogP contribution in [0.4, 0.5) is 8.78 Å². The molecule has 0 aromatic carbocycles. The summed E-state index contributed by atoms with van der Waals surface area (Å²) >= 11 is 0. The zero-order valence-electron chi connectivity index (χ0n) is 7.46. The zero-order valence-corrected chi connectivity index (χ0v) is 7.46. The Balaban J connectivity index is 2.22. The number of morpholine rings is 1. The molecular formula is C9H10F2N2O. The van der Waals surface area contributed by atoms with Gasteiger partial charge in [-0.05, 0) is 12.1 Å². The standard InChI is InChI=1S/C9H10F2N2O/c10-8-2-1-6(9(11)13-8)7-5-14-4-3-12-7/h1-2,7,12H,3-5H2. The monoisotopic (exact) mass is 200 g/mol. The Labute approximate surface area is 80.1 Å². The minimum Gasteiger partial charge on any atom is -0.378 e. The number of hydrogen-bond acceptors (Lipinski definition) is 3. The van der Waals surface area contributed by atoms with E-state index in [0.29, 0.717) is 25.3 Å². The molecule has 5 heteroatoms. The first-order valence-electron chi connectivity index (χ1n) is 4.40. The van der Waals surface area contributed by atoms with Crippen LogP contribution in [0.1, 0.15) is 11.6 Å². The normalized spacial score (nSPS) is 22.3. The minimum absolute atomic E-state index is 0.225. The molecule has 0 bridgehead atoms. The van der Waals surface area contributed by atoms with E-state index in [4.69, 9.17) is 4.74 Å². The van der Waals surface area contributed by atoms with E-state index in [1.165, 1.54) is 6.07 Å². The van der Waals surface area contributed by atoms with Crippen molar-refractivity contribution in [3.8, 4) is 0 Å². The van der Waals surface area contributed by atoms with Gasteiger partial charge in [-0.1, -0.05) is 0 Å². The summed E-state index contributed by atoms with van der Waals surface area (Å²) < 4.78 is 30.9. The first-order chi connectivity index (χ1) is 6.77. The van der Waals surface area contributed by atoms with E-state index in [1.54, 1.807) is 0 Å². The quantitative estimate of drug-likeness (QED) is 0.687. The lowest BCUT2D eigenvalue weighted by Crippen LogP contribution is -2.35. The predicted octanol–water partition coefficient (Wildman–Crippen LogP) is 1.02. The summed E-state index contributed by atoms with van der Waals surface area (Å²) in [5.41, 5.74) is 0.353. The molecule has 1 aromatic heterocycles. The Hall–Kier alpha value is -1.07. The highest BCUT2D eigenvalue weighted by atomic mass is 19.1. The van der Waals surface area contributed by atoms with Gasteiger partial charge in [-0.25, -0.2) is 0 Å². The van der Waals surface area contributed by atoms with Crippen molar-refractivity contribution in [2.45, 2.75) is 6.04 Å². The van der Waals surface area contributed by atoms with Gasteiger partial charge in [0.05, 0.1) is 19.3 Å². The lowest BCUT2D eigenvalue weighted by Gasteiger charge is -2.23. The van der Waals surface area contributed by atoms with Crippen LogP contribution in [-0.2, 0) is 4.74 Å². The Morgan fingerprint density at radius 1 is 1.43 bits per heavy atom. The maximum atomic E-state index is 13.2. The average Bonchev–Trinajstić information content (AvgIpc) is 2.19. The maximum absolute atomic E-state index is 13.2. The first kappa shape index (κ1) is 9.48. The second-order valence-corrected chi connectivity index (χ2v) is 3.10. The van der Waals surface area contributed by atoms with Gasteiger partial charge in [0, 0.05) is 12.1 Å². The van der Waals surface area contributed by atoms with Crippen LogP contribution in [0.5, 0.6) is 0 Å². The summed E-state index contributed by atoms with van der Waals surface area (Å²) in [4.78, 5) is 3.12. The van der Waals surface area contributed by atoms with Crippen LogP contribution in [0, 0.1) is 11.9 Å². The largest absolute Gasteiger partial charge is 0.378 e. The van der Waals surface area contributed by atoms with Gasteiger partial charge in [-0.2, -0.15) is 13.8 Å². The van der Waals surface area contributed by atoms with Gasteiger partial charge in [-0.15, -0.1) is 0 Å². The number of nitrogens with one attached hydrogen (secondary N) is 1. The fraction of sp³-hybridized carbons (Fsp3) is 0.444. The van der Waals surface area contributed by atoms with Crippen LogP contribution in [0.15, 0.2) is 12.1 Å². The third-order valence-corrected chi connectivity index (χ3v) is 2.14. The SMILES string of the molecule is Fc1ccc(C2COCCN2)c(F)n1. The summed E-state index contributed by atoms with van der Waals surface area (Å²) in [7, 11) is 0. The van der Waals surface area contributed by atoms with E-state index in [1.807, 2.05) is 0 Å². The lowest BCUT2D eigenvalue weighted by molar-refractivity contribution is 0.0754.